The molecule has 24 nitrogen and oxygen atoms in total. The van der Waals surface area contributed by atoms with Crippen LogP contribution in [0, 0.1) is 5.92 Å². The number of nitrogens with one attached hydrogen (secondary N) is 2. The van der Waals surface area contributed by atoms with Gasteiger partial charge in [-0.05, 0) is 194 Å². The molecule has 7 atom stereocenters. The molecular weight excluding hydrogens is 1350 g/mol. The zero-order valence-corrected chi connectivity index (χ0v) is 54.9. The summed E-state index contributed by atoms with van der Waals surface area (Å²) >= 11 is 0. The van der Waals surface area contributed by atoms with E-state index in [2.05, 4.69) is 22.8 Å². The van der Waals surface area contributed by atoms with Crippen LogP contribution >= 0.6 is 0 Å². The molecule has 7 unspecified atom stereocenters. The molecule has 24 heteroatoms. The number of aliphatic carboxylic acids is 7. The number of amides is 2. The lowest BCUT2D eigenvalue weighted by Gasteiger charge is -2.43. The molecule has 0 aromatic heterocycles. The fourth-order valence-electron chi connectivity index (χ4n) is 21.9. The van der Waals surface area contributed by atoms with E-state index in [4.69, 9.17) is 9.47 Å². The molecule has 105 heavy (non-hydrogen) atoms. The van der Waals surface area contributed by atoms with E-state index in [0.29, 0.717) is 92.4 Å². The number of hydrogen-bond donors (Lipinski definition) is 11. The maximum Gasteiger partial charge on any atom is 0.332 e. The lowest BCUT2D eigenvalue weighted by atomic mass is 9.55. The van der Waals surface area contributed by atoms with Crippen molar-refractivity contribution in [2.24, 2.45) is 5.92 Å². The summed E-state index contributed by atoms with van der Waals surface area (Å²) in [6, 6.07) is 18.1. The van der Waals surface area contributed by atoms with E-state index >= 15 is 9.59 Å². The molecule has 2 fully saturated rings. The first-order chi connectivity index (χ1) is 50.5. The van der Waals surface area contributed by atoms with Gasteiger partial charge < -0.3 is 66.1 Å². The third kappa shape index (κ3) is 6.70. The number of hydrogen-bond acceptors (Lipinski definition) is 15. The maximum atomic E-state index is 15.9. The van der Waals surface area contributed by atoms with E-state index in [1.807, 2.05) is 66.7 Å². The van der Waals surface area contributed by atoms with Gasteiger partial charge in [0, 0.05) is 102 Å². The maximum absolute atomic E-state index is 15.9. The Hall–Kier alpha value is -12.1. The number of aromatic hydroxyl groups is 2. The van der Waals surface area contributed by atoms with Gasteiger partial charge in [-0.25, -0.2) is 4.79 Å². The van der Waals surface area contributed by atoms with Crippen LogP contribution in [-0.2, 0) is 59.8 Å². The summed E-state index contributed by atoms with van der Waals surface area (Å²) in [6.07, 6.45) is 6.90. The monoisotopic (exact) mass is 1400 g/mol. The Bertz CT molecular complexity index is 6890. The average molecular weight is 1400 g/mol. The minimum absolute atomic E-state index is 0.00925. The lowest BCUT2D eigenvalue weighted by molar-refractivity contribution is -0.152. The van der Waals surface area contributed by atoms with Crippen molar-refractivity contribution in [1.29, 1.82) is 0 Å². The number of phenols is 2. The number of carbonyl (C=O) groups excluding carboxylic acids is 2. The number of nitrogens with zero attached hydrogens (tertiary/aromatic N) is 2. The van der Waals surface area contributed by atoms with Crippen molar-refractivity contribution in [2.75, 3.05) is 39.3 Å². The van der Waals surface area contributed by atoms with Gasteiger partial charge >= 0.3 is 41.8 Å². The van der Waals surface area contributed by atoms with Crippen molar-refractivity contribution in [2.45, 2.75) is 79.4 Å². The van der Waals surface area contributed by atoms with Crippen LogP contribution in [0.25, 0.3) is 152 Å². The molecule has 9 aliphatic rings. The number of ether oxygens (including phenoxy) is 2. The Morgan fingerprint density at radius 1 is 0.467 bits per heavy atom. The summed E-state index contributed by atoms with van der Waals surface area (Å²) in [6.45, 7) is -3.32. The highest BCUT2D eigenvalue weighted by Crippen LogP contribution is 2.84. The van der Waals surface area contributed by atoms with Gasteiger partial charge in [0.25, 0.3) is 11.8 Å². The summed E-state index contributed by atoms with van der Waals surface area (Å²) < 4.78 is 15.6. The largest absolute Gasteiger partial charge is 0.507 e. The third-order valence-corrected chi connectivity index (χ3v) is 25.2. The number of carboxylic acids is 7. The molecule has 2 aliphatic heterocycles. The van der Waals surface area contributed by atoms with Gasteiger partial charge in [-0.3, -0.25) is 48.2 Å². The number of rotatable bonds is 25. The average Bonchev–Trinajstić information content (AvgIpc) is 1.42. The predicted octanol–water partition coefficient (Wildman–Crippen LogP) is 8.67. The number of unbranched alkanes of at least 4 members (excludes halogenated alkanes) is 2. The van der Waals surface area contributed by atoms with E-state index in [1.165, 1.54) is 0 Å². The summed E-state index contributed by atoms with van der Waals surface area (Å²) in [5, 5.41) is 122. The van der Waals surface area contributed by atoms with E-state index < -0.39 is 120 Å². The molecule has 3 spiro atoms. The minimum Gasteiger partial charge on any atom is -0.507 e. The molecule has 0 bridgehead atoms. The standard InChI is InChI=1S/C81H54N4O20/c86-44(87)24-84(25-45(88)89)42(75(98)99)10-1-3-15-82-73(96)36-20-29-17-31-23-78-14-6-9-41-54(77(102)103)38-22-40-60-63-58(38)66(79(41,78)104-78)51(31)61-48(29)55-35(36)19-30-21-37-53(74(97)83-16-4-2-11-43(76(100)101)85(26-46(90)91)27-47(92)93)32-7-5-8-33-52(32)62-57(37)68-50(30)64(55)70(65(61)63)81-69(60)56-34(72(40)95)13-12-28-18-39(71(33)94)59(62)67(49(28)56)80(68,81)105-81/h5-9,12-13,17-23,41-43,94-95H,1-4,10-11,14-16,24-27H2,(H,82,96)(H,83,97)(H,86,87)(H,88,89)(H,90,91)(H,92,93)(H,98,99)(H,100,101)(H,102,103). The molecule has 7 aliphatic carbocycles. The molecule has 2 saturated heterocycles. The Labute approximate surface area is 586 Å². The van der Waals surface area contributed by atoms with E-state index in [0.717, 1.165) is 102 Å². The Morgan fingerprint density at radius 3 is 1.63 bits per heavy atom. The highest BCUT2D eigenvalue weighted by Gasteiger charge is 2.82. The van der Waals surface area contributed by atoms with E-state index in [1.54, 1.807) is 6.07 Å². The van der Waals surface area contributed by atoms with E-state index in [-0.39, 0.29) is 79.8 Å². The van der Waals surface area contributed by atoms with Gasteiger partial charge in [0.15, 0.2) is 11.2 Å². The van der Waals surface area contributed by atoms with Gasteiger partial charge in [-0.2, -0.15) is 0 Å². The van der Waals surface area contributed by atoms with Crippen LogP contribution in [0.3, 0.4) is 0 Å². The van der Waals surface area contributed by atoms with Crippen LogP contribution in [0.1, 0.15) is 93.5 Å². The number of benzene rings is 13. The van der Waals surface area contributed by atoms with E-state index in [9.17, 15) is 79.5 Å². The molecule has 0 saturated carbocycles. The molecule has 0 radical (unpaired) electrons. The Morgan fingerprint density at radius 2 is 0.990 bits per heavy atom. The van der Waals surface area contributed by atoms with Crippen molar-refractivity contribution >= 4 is 205 Å². The highest BCUT2D eigenvalue weighted by molar-refractivity contribution is 6.50. The van der Waals surface area contributed by atoms with Crippen LogP contribution in [0.15, 0.2) is 78.9 Å². The zero-order valence-electron chi connectivity index (χ0n) is 54.9. The molecule has 11 N–H and O–H groups in total. The molecular formula is C81H54N4O20. The lowest BCUT2D eigenvalue weighted by Crippen LogP contribution is -2.46. The predicted molar refractivity (Wildman–Crippen MR) is 382 cm³/mol. The topological polar surface area (TPSA) is 391 Å². The van der Waals surface area contributed by atoms with Crippen molar-refractivity contribution in [1.82, 2.24) is 20.4 Å². The van der Waals surface area contributed by atoms with Gasteiger partial charge in [0.05, 0.1) is 37.3 Å². The number of carbonyl (C=O) groups is 9. The minimum atomic E-state index is -1.48. The first-order valence-electron chi connectivity index (χ1n) is 34.9. The number of epoxide rings is 2. The third-order valence-electron chi connectivity index (χ3n) is 25.2. The second-order valence-corrected chi connectivity index (χ2v) is 30.0. The van der Waals surface area contributed by atoms with Crippen LogP contribution in [0.2, 0.25) is 0 Å². The summed E-state index contributed by atoms with van der Waals surface area (Å²) in [5.74, 6) is -11.4. The summed E-state index contributed by atoms with van der Waals surface area (Å²) in [5.41, 5.74) is -0.501. The quantitative estimate of drug-likeness (QED) is 0.00837. The normalized spacial score (nSPS) is 22.0. The van der Waals surface area contributed by atoms with Crippen molar-refractivity contribution in [3.8, 4) is 11.5 Å². The van der Waals surface area contributed by atoms with Crippen LogP contribution in [0.4, 0.5) is 0 Å². The first-order valence-corrected chi connectivity index (χ1v) is 34.9. The number of phenolic OH excluding ortho intramolecular Hbond substituents is 2. The van der Waals surface area contributed by atoms with Gasteiger partial charge in [-0.1, -0.05) is 36.4 Å². The van der Waals surface area contributed by atoms with Crippen LogP contribution in [0.5, 0.6) is 11.5 Å². The van der Waals surface area contributed by atoms with Gasteiger partial charge in [0.1, 0.15) is 34.8 Å². The molecule has 2 heterocycles. The summed E-state index contributed by atoms with van der Waals surface area (Å²) in [7, 11) is 0. The summed E-state index contributed by atoms with van der Waals surface area (Å²) in [4.78, 5) is 120. The Balaban J connectivity index is 0.839. The van der Waals surface area contributed by atoms with Crippen LogP contribution in [-0.4, -0.2) is 166 Å². The fourth-order valence-corrected chi connectivity index (χ4v) is 21.9. The molecule has 13 aromatic carbocycles. The molecule has 13 aromatic rings. The van der Waals surface area contributed by atoms with Crippen molar-refractivity contribution in [3.05, 3.63) is 128 Å². The van der Waals surface area contributed by atoms with Gasteiger partial charge in [0.2, 0.25) is 0 Å². The second-order valence-electron chi connectivity index (χ2n) is 30.0. The Kier molecular flexibility index (Phi) is 11.1. The molecule has 22 rings (SSSR count). The fraction of sp³-hybridized carbons (Fsp3) is 0.247. The smallest absolute Gasteiger partial charge is 0.332 e. The van der Waals surface area contributed by atoms with Crippen molar-refractivity contribution < 1.29 is 98.6 Å². The first kappa shape index (κ1) is 60.5. The molecule has 2 amide bonds. The zero-order chi connectivity index (χ0) is 71.9. The highest BCUT2D eigenvalue weighted by atomic mass is 16.6. The molecule has 518 valence electrons. The van der Waals surface area contributed by atoms with Gasteiger partial charge in [-0.15, -0.1) is 0 Å². The SMILES string of the molecule is O=C(O)CN(CC(=O)O)C(CCCCNC(=O)c1c2cc3cc4c(C(=O)NCCCCC(C(=O)O)N(CC(=O)O)CC(=O)O)cc5cc6c7c8c9c(cc%10c(O)c%11ccc%12cc%13c(O)c%14cccc1c%14c1c%13c%13c%12c%11c%11c%10c9c9c%10c(c3c(c21)C%131OC%11%101)c4c5c79)=C(C(=O)O)C1C=CCC2(C=6)OC812)C(=O)O. The van der Waals surface area contributed by atoms with Crippen LogP contribution < -0.4 is 21.1 Å². The van der Waals surface area contributed by atoms with Crippen molar-refractivity contribution in [3.63, 3.8) is 0 Å². The second kappa shape index (κ2) is 19.2. The number of carboxylic acid groups (broad SMARTS) is 7.